The zero-order chi connectivity index (χ0) is 16.9. The van der Waals surface area contributed by atoms with Crippen molar-refractivity contribution in [1.29, 1.82) is 0 Å². The first-order valence-electron chi connectivity index (χ1n) is 8.08. The van der Waals surface area contributed by atoms with E-state index in [0.717, 1.165) is 36.8 Å². The first-order chi connectivity index (χ1) is 11.0. The topological polar surface area (TPSA) is 110 Å². The van der Waals surface area contributed by atoms with Gasteiger partial charge in [-0.05, 0) is 30.9 Å². The minimum atomic E-state index is -0.638. The Labute approximate surface area is 137 Å². The van der Waals surface area contributed by atoms with E-state index in [1.165, 1.54) is 0 Å². The zero-order valence-electron chi connectivity index (χ0n) is 13.6. The van der Waals surface area contributed by atoms with Crippen molar-refractivity contribution in [3.05, 3.63) is 35.4 Å². The average molecular weight is 318 g/mol. The van der Waals surface area contributed by atoms with E-state index in [0.29, 0.717) is 6.54 Å². The number of hydrogen-bond donors (Lipinski definition) is 4. The molecule has 1 saturated carbocycles. The van der Waals surface area contributed by atoms with Crippen LogP contribution in [0.15, 0.2) is 24.3 Å². The van der Waals surface area contributed by atoms with Crippen LogP contribution in [0.4, 0.5) is 4.79 Å². The predicted octanol–water partition coefficient (Wildman–Crippen LogP) is 1.48. The number of aryl methyl sites for hydroxylation is 1. The molecule has 0 saturated heterocycles. The molecule has 23 heavy (non-hydrogen) atoms. The monoisotopic (exact) mass is 318 g/mol. The molecule has 0 spiro atoms. The van der Waals surface area contributed by atoms with Crippen LogP contribution in [-0.4, -0.2) is 24.0 Å². The fraction of sp³-hybridized carbons (Fsp3) is 0.529. The summed E-state index contributed by atoms with van der Waals surface area (Å²) in [6.45, 7) is 2.39. The highest BCUT2D eigenvalue weighted by atomic mass is 16.2. The van der Waals surface area contributed by atoms with E-state index < -0.39 is 12.1 Å². The Morgan fingerprint density at radius 3 is 2.48 bits per heavy atom. The van der Waals surface area contributed by atoms with Gasteiger partial charge >= 0.3 is 6.03 Å². The van der Waals surface area contributed by atoms with Crippen LogP contribution >= 0.6 is 0 Å². The van der Waals surface area contributed by atoms with Gasteiger partial charge in [-0.25, -0.2) is 4.79 Å². The molecule has 0 heterocycles. The molecule has 126 valence electrons. The molecule has 0 radical (unpaired) electrons. The van der Waals surface area contributed by atoms with Crippen LogP contribution < -0.4 is 22.1 Å². The number of carbonyl (C=O) groups excluding carboxylic acids is 2. The van der Waals surface area contributed by atoms with Gasteiger partial charge in [-0.15, -0.1) is 0 Å². The number of amides is 3. The molecule has 6 N–H and O–H groups in total. The lowest BCUT2D eigenvalue weighted by Gasteiger charge is -2.30. The van der Waals surface area contributed by atoms with Crippen molar-refractivity contribution >= 4 is 11.9 Å². The molecule has 0 bridgehead atoms. The Balaban J connectivity index is 2.10. The molecular weight excluding hydrogens is 292 g/mol. The lowest BCUT2D eigenvalue weighted by Crippen LogP contribution is -2.52. The van der Waals surface area contributed by atoms with E-state index in [2.05, 4.69) is 10.6 Å². The third-order valence-electron chi connectivity index (χ3n) is 4.63. The van der Waals surface area contributed by atoms with Crippen molar-refractivity contribution in [2.75, 3.05) is 6.54 Å². The summed E-state index contributed by atoms with van der Waals surface area (Å²) in [6.07, 6.45) is 4.13. The summed E-state index contributed by atoms with van der Waals surface area (Å²) in [7, 11) is 0. The second-order valence-electron chi connectivity index (χ2n) is 6.36. The lowest BCUT2D eigenvalue weighted by molar-refractivity contribution is -0.123. The van der Waals surface area contributed by atoms with Crippen LogP contribution in [0.3, 0.4) is 0 Å². The van der Waals surface area contributed by atoms with Gasteiger partial charge in [-0.1, -0.05) is 37.1 Å². The second-order valence-corrected chi connectivity index (χ2v) is 6.36. The average Bonchev–Trinajstić information content (AvgIpc) is 2.95. The zero-order valence-corrected chi connectivity index (χ0v) is 13.6. The first-order valence-corrected chi connectivity index (χ1v) is 8.08. The molecule has 1 fully saturated rings. The van der Waals surface area contributed by atoms with E-state index in [-0.39, 0.29) is 17.9 Å². The van der Waals surface area contributed by atoms with Gasteiger partial charge in [-0.2, -0.15) is 0 Å². The highest BCUT2D eigenvalue weighted by Gasteiger charge is 2.34. The Morgan fingerprint density at radius 2 is 1.91 bits per heavy atom. The van der Waals surface area contributed by atoms with E-state index in [1.54, 1.807) is 0 Å². The van der Waals surface area contributed by atoms with Crippen LogP contribution in [0, 0.1) is 6.92 Å². The van der Waals surface area contributed by atoms with Gasteiger partial charge in [0.05, 0.1) is 18.0 Å². The Kier molecular flexibility index (Phi) is 5.60. The molecule has 6 heteroatoms. The molecule has 1 aromatic carbocycles. The van der Waals surface area contributed by atoms with Gasteiger partial charge in [-0.3, -0.25) is 4.79 Å². The lowest BCUT2D eigenvalue weighted by atomic mass is 9.95. The predicted molar refractivity (Wildman–Crippen MR) is 89.7 cm³/mol. The number of nitrogens with one attached hydrogen (secondary N) is 2. The Morgan fingerprint density at radius 1 is 1.26 bits per heavy atom. The van der Waals surface area contributed by atoms with Crippen molar-refractivity contribution in [3.8, 4) is 0 Å². The van der Waals surface area contributed by atoms with Gasteiger partial charge in [0.2, 0.25) is 5.91 Å². The number of primary amides is 1. The molecule has 1 aliphatic carbocycles. The highest BCUT2D eigenvalue weighted by molar-refractivity contribution is 5.79. The third-order valence-corrected chi connectivity index (χ3v) is 4.63. The summed E-state index contributed by atoms with van der Waals surface area (Å²) < 4.78 is 0. The largest absolute Gasteiger partial charge is 0.352 e. The number of benzene rings is 1. The highest BCUT2D eigenvalue weighted by Crippen LogP contribution is 2.29. The van der Waals surface area contributed by atoms with Crippen LogP contribution in [0.2, 0.25) is 0 Å². The van der Waals surface area contributed by atoms with E-state index >= 15 is 0 Å². The maximum atomic E-state index is 12.5. The number of nitrogens with two attached hydrogens (primary N) is 2. The van der Waals surface area contributed by atoms with Crippen molar-refractivity contribution in [1.82, 2.24) is 10.6 Å². The van der Waals surface area contributed by atoms with Crippen LogP contribution in [0.1, 0.15) is 49.3 Å². The van der Waals surface area contributed by atoms with Crippen LogP contribution in [0.5, 0.6) is 0 Å². The summed E-state index contributed by atoms with van der Waals surface area (Å²) in [4.78, 5) is 23.8. The Hall–Kier alpha value is -2.08. The summed E-state index contributed by atoms with van der Waals surface area (Å²) in [6, 6.07) is 6.57. The molecular formula is C17H26N4O2. The summed E-state index contributed by atoms with van der Waals surface area (Å²) in [5, 5.41) is 5.75. The van der Waals surface area contributed by atoms with Crippen LogP contribution in [-0.2, 0) is 4.79 Å². The fourth-order valence-corrected chi connectivity index (χ4v) is 3.35. The van der Waals surface area contributed by atoms with Gasteiger partial charge in [0.25, 0.3) is 0 Å². The molecule has 1 unspecified atom stereocenters. The fourth-order valence-electron chi connectivity index (χ4n) is 3.35. The third kappa shape index (κ3) is 4.45. The number of hydrogen-bond acceptors (Lipinski definition) is 3. The molecule has 0 aromatic heterocycles. The smallest absolute Gasteiger partial charge is 0.312 e. The van der Waals surface area contributed by atoms with Gasteiger partial charge in [0, 0.05) is 6.54 Å². The van der Waals surface area contributed by atoms with Crippen molar-refractivity contribution in [2.24, 2.45) is 11.5 Å². The van der Waals surface area contributed by atoms with Crippen LogP contribution in [0.25, 0.3) is 0 Å². The molecule has 0 aliphatic heterocycles. The number of rotatable bonds is 6. The maximum Gasteiger partial charge on any atom is 0.312 e. The van der Waals surface area contributed by atoms with Crippen molar-refractivity contribution < 1.29 is 9.59 Å². The molecule has 1 aromatic rings. The Bertz CT molecular complexity index is 567. The van der Waals surface area contributed by atoms with Crippen molar-refractivity contribution in [3.63, 3.8) is 0 Å². The molecule has 1 aliphatic rings. The van der Waals surface area contributed by atoms with Gasteiger partial charge in [0.15, 0.2) is 0 Å². The quantitative estimate of drug-likeness (QED) is 0.637. The van der Waals surface area contributed by atoms with Gasteiger partial charge < -0.3 is 22.1 Å². The summed E-state index contributed by atoms with van der Waals surface area (Å²) in [5.74, 6) is -0.112. The molecule has 1 atom stereocenters. The number of urea groups is 1. The maximum absolute atomic E-state index is 12.5. The van der Waals surface area contributed by atoms with E-state index in [9.17, 15) is 9.59 Å². The summed E-state index contributed by atoms with van der Waals surface area (Å²) >= 11 is 0. The SMILES string of the molecule is Cc1ccccc1C(CC(=O)NC1(CN)CCCC1)NC(N)=O. The van der Waals surface area contributed by atoms with E-state index in [1.807, 2.05) is 31.2 Å². The normalized spacial score (nSPS) is 17.5. The number of carbonyl (C=O) groups is 2. The van der Waals surface area contributed by atoms with Crippen molar-refractivity contribution in [2.45, 2.75) is 50.6 Å². The standard InChI is InChI=1S/C17H26N4O2/c1-12-6-2-3-7-13(12)14(20-16(19)23)10-15(22)21-17(11-18)8-4-5-9-17/h2-3,6-7,14H,4-5,8-11,18H2,1H3,(H,21,22)(H3,19,20,23). The molecule has 2 rings (SSSR count). The minimum absolute atomic E-state index is 0.112. The first kappa shape index (κ1) is 17.3. The summed E-state index contributed by atoms with van der Waals surface area (Å²) in [5.41, 5.74) is 12.7. The van der Waals surface area contributed by atoms with Gasteiger partial charge in [0.1, 0.15) is 0 Å². The minimum Gasteiger partial charge on any atom is -0.352 e. The molecule has 6 nitrogen and oxygen atoms in total. The van der Waals surface area contributed by atoms with E-state index in [4.69, 9.17) is 11.5 Å². The molecule has 3 amide bonds. The second kappa shape index (κ2) is 7.46.